The number of nitrogens with zero attached hydrogens (tertiary/aromatic N) is 2. The van der Waals surface area contributed by atoms with E-state index in [1.54, 1.807) is 0 Å². The highest BCUT2D eigenvalue weighted by atomic mass is 16.5. The fourth-order valence-corrected chi connectivity index (χ4v) is 3.32. The van der Waals surface area contributed by atoms with E-state index in [-0.39, 0.29) is 5.91 Å². The molecule has 3 aromatic rings. The van der Waals surface area contributed by atoms with Gasteiger partial charge in [-0.05, 0) is 49.2 Å². The Morgan fingerprint density at radius 1 is 1.00 bits per heavy atom. The average Bonchev–Trinajstić information content (AvgIpc) is 2.82. The molecule has 4 heteroatoms. The zero-order valence-corrected chi connectivity index (χ0v) is 15.6. The second-order valence-corrected chi connectivity index (χ2v) is 6.92. The van der Waals surface area contributed by atoms with E-state index in [4.69, 9.17) is 4.74 Å². The lowest BCUT2D eigenvalue weighted by Gasteiger charge is -2.19. The van der Waals surface area contributed by atoms with E-state index >= 15 is 0 Å². The van der Waals surface area contributed by atoms with Gasteiger partial charge in [0, 0.05) is 5.69 Å². The first-order chi connectivity index (χ1) is 13.1. The van der Waals surface area contributed by atoms with Gasteiger partial charge in [0.15, 0.2) is 0 Å². The summed E-state index contributed by atoms with van der Waals surface area (Å²) >= 11 is 0. The number of amides is 1. The summed E-state index contributed by atoms with van der Waals surface area (Å²) in [6.07, 6.45) is 0. The van der Waals surface area contributed by atoms with Crippen molar-refractivity contribution in [3.8, 4) is 16.9 Å². The van der Waals surface area contributed by atoms with Gasteiger partial charge < -0.3 is 9.64 Å². The number of aromatic nitrogens is 1. The molecular weight excluding hydrogens is 336 g/mol. The van der Waals surface area contributed by atoms with Crippen molar-refractivity contribution >= 4 is 5.91 Å². The Labute approximate surface area is 159 Å². The van der Waals surface area contributed by atoms with Gasteiger partial charge in [-0.2, -0.15) is 0 Å². The minimum Gasteiger partial charge on any atom is -0.491 e. The van der Waals surface area contributed by atoms with Crippen LogP contribution in [0.5, 0.6) is 5.75 Å². The lowest BCUT2D eigenvalue weighted by molar-refractivity contribution is 0.0741. The van der Waals surface area contributed by atoms with Crippen LogP contribution in [0.15, 0.2) is 60.7 Å². The topological polar surface area (TPSA) is 42.4 Å². The van der Waals surface area contributed by atoms with Crippen LogP contribution in [0.1, 0.15) is 27.3 Å². The normalized spacial score (nSPS) is 13.7. The number of benzene rings is 2. The molecule has 4 nitrogen and oxygen atoms in total. The Morgan fingerprint density at radius 2 is 1.78 bits per heavy atom. The predicted molar refractivity (Wildman–Crippen MR) is 106 cm³/mol. The van der Waals surface area contributed by atoms with Crippen LogP contribution in [0.3, 0.4) is 0 Å². The summed E-state index contributed by atoms with van der Waals surface area (Å²) in [5.41, 5.74) is 5.77. The maximum absolute atomic E-state index is 13.2. The summed E-state index contributed by atoms with van der Waals surface area (Å²) < 4.78 is 5.84. The van der Waals surface area contributed by atoms with Gasteiger partial charge in [0.05, 0.1) is 24.3 Å². The van der Waals surface area contributed by atoms with Gasteiger partial charge in [0.2, 0.25) is 0 Å². The van der Waals surface area contributed by atoms with Crippen LogP contribution in [0.2, 0.25) is 0 Å². The molecule has 1 amide bonds. The summed E-state index contributed by atoms with van der Waals surface area (Å²) in [5.74, 6) is 0.635. The maximum atomic E-state index is 13.2. The summed E-state index contributed by atoms with van der Waals surface area (Å²) in [5, 5.41) is 0. The third kappa shape index (κ3) is 3.70. The number of hydrogen-bond donors (Lipinski definition) is 0. The van der Waals surface area contributed by atoms with E-state index in [0.717, 1.165) is 22.5 Å². The average molecular weight is 358 g/mol. The second kappa shape index (κ2) is 7.23. The molecule has 2 heterocycles. The maximum Gasteiger partial charge on any atom is 0.258 e. The second-order valence-electron chi connectivity index (χ2n) is 6.92. The molecule has 1 aliphatic heterocycles. The Kier molecular flexibility index (Phi) is 4.63. The molecule has 0 saturated heterocycles. The van der Waals surface area contributed by atoms with Crippen LogP contribution in [0.25, 0.3) is 11.1 Å². The van der Waals surface area contributed by atoms with Gasteiger partial charge in [-0.1, -0.05) is 42.0 Å². The first-order valence-electron chi connectivity index (χ1n) is 9.16. The number of aryl methyl sites for hydroxylation is 2. The zero-order chi connectivity index (χ0) is 18.8. The molecule has 0 atom stereocenters. The van der Waals surface area contributed by atoms with E-state index in [1.807, 2.05) is 48.2 Å². The zero-order valence-electron chi connectivity index (χ0n) is 15.6. The minimum absolute atomic E-state index is 0.0141. The lowest BCUT2D eigenvalue weighted by Crippen LogP contribution is -2.32. The quantitative estimate of drug-likeness (QED) is 0.697. The van der Waals surface area contributed by atoms with Crippen molar-refractivity contribution < 1.29 is 9.53 Å². The molecule has 1 aromatic heterocycles. The molecule has 0 spiro atoms. The van der Waals surface area contributed by atoms with Crippen molar-refractivity contribution in [3.05, 3.63) is 83.2 Å². The van der Waals surface area contributed by atoms with Gasteiger partial charge in [0.1, 0.15) is 12.4 Å². The Bertz CT molecular complexity index is 980. The predicted octanol–water partition coefficient (Wildman–Crippen LogP) is 4.40. The Hall–Kier alpha value is -3.14. The monoisotopic (exact) mass is 358 g/mol. The van der Waals surface area contributed by atoms with Crippen molar-refractivity contribution in [1.82, 2.24) is 9.88 Å². The number of pyridine rings is 1. The van der Waals surface area contributed by atoms with Crippen molar-refractivity contribution in [2.75, 3.05) is 13.2 Å². The number of fused-ring (bicyclic) bond motifs is 1. The molecule has 2 aromatic carbocycles. The molecule has 0 unspecified atom stereocenters. The molecule has 0 aliphatic carbocycles. The number of carbonyl (C=O) groups is 1. The van der Waals surface area contributed by atoms with Crippen LogP contribution >= 0.6 is 0 Å². The fourth-order valence-electron chi connectivity index (χ4n) is 3.32. The first kappa shape index (κ1) is 17.3. The van der Waals surface area contributed by atoms with E-state index in [1.165, 1.54) is 5.56 Å². The van der Waals surface area contributed by atoms with Gasteiger partial charge in [-0.3, -0.25) is 9.78 Å². The van der Waals surface area contributed by atoms with Crippen molar-refractivity contribution in [3.63, 3.8) is 0 Å². The first-order valence-corrected chi connectivity index (χ1v) is 9.16. The third-order valence-electron chi connectivity index (χ3n) is 4.80. The highest BCUT2D eigenvalue weighted by Gasteiger charge is 2.24. The SMILES string of the molecule is Cc1ccc(-c2ccc3c(c2)C(=O)N(Cc2cccc(C)n2)CCO3)cc1. The molecular formula is C23H22N2O2. The number of carbonyl (C=O) groups excluding carboxylic acids is 1. The summed E-state index contributed by atoms with van der Waals surface area (Å²) in [6, 6.07) is 20.0. The Morgan fingerprint density at radius 3 is 2.56 bits per heavy atom. The van der Waals surface area contributed by atoms with E-state index in [9.17, 15) is 4.79 Å². The number of hydrogen-bond acceptors (Lipinski definition) is 3. The highest BCUT2D eigenvalue weighted by molar-refractivity contribution is 5.98. The third-order valence-corrected chi connectivity index (χ3v) is 4.80. The smallest absolute Gasteiger partial charge is 0.258 e. The molecule has 4 rings (SSSR count). The molecule has 0 radical (unpaired) electrons. The van der Waals surface area contributed by atoms with Crippen molar-refractivity contribution in [1.29, 1.82) is 0 Å². The summed E-state index contributed by atoms with van der Waals surface area (Å²) in [4.78, 5) is 19.5. The molecule has 27 heavy (non-hydrogen) atoms. The van der Waals surface area contributed by atoms with E-state index < -0.39 is 0 Å². The minimum atomic E-state index is -0.0141. The van der Waals surface area contributed by atoms with E-state index in [0.29, 0.717) is 31.0 Å². The summed E-state index contributed by atoms with van der Waals surface area (Å²) in [6.45, 7) is 5.53. The van der Waals surface area contributed by atoms with Gasteiger partial charge >= 0.3 is 0 Å². The van der Waals surface area contributed by atoms with Gasteiger partial charge in [-0.25, -0.2) is 0 Å². The lowest BCUT2D eigenvalue weighted by atomic mass is 10.0. The van der Waals surface area contributed by atoms with Crippen LogP contribution < -0.4 is 4.74 Å². The standard InChI is InChI=1S/C23H22N2O2/c1-16-6-8-18(9-7-16)19-10-11-22-21(14-19)23(26)25(12-13-27-22)15-20-5-3-4-17(2)24-20/h3-11,14H,12-13,15H2,1-2H3. The molecule has 0 fully saturated rings. The van der Waals surface area contributed by atoms with Crippen LogP contribution in [-0.2, 0) is 6.54 Å². The Balaban J connectivity index is 1.65. The van der Waals surface area contributed by atoms with Crippen LogP contribution in [0, 0.1) is 13.8 Å². The van der Waals surface area contributed by atoms with Crippen LogP contribution in [0.4, 0.5) is 0 Å². The summed E-state index contributed by atoms with van der Waals surface area (Å²) in [7, 11) is 0. The number of ether oxygens (including phenoxy) is 1. The van der Waals surface area contributed by atoms with Gasteiger partial charge in [0.25, 0.3) is 5.91 Å². The number of rotatable bonds is 3. The molecule has 1 aliphatic rings. The van der Waals surface area contributed by atoms with Gasteiger partial charge in [-0.15, -0.1) is 0 Å². The van der Waals surface area contributed by atoms with Crippen molar-refractivity contribution in [2.24, 2.45) is 0 Å². The molecule has 136 valence electrons. The largest absolute Gasteiger partial charge is 0.491 e. The van der Waals surface area contributed by atoms with Crippen molar-refractivity contribution in [2.45, 2.75) is 20.4 Å². The fraction of sp³-hybridized carbons (Fsp3) is 0.217. The van der Waals surface area contributed by atoms with Crippen LogP contribution in [-0.4, -0.2) is 28.9 Å². The molecule has 0 saturated carbocycles. The molecule has 0 N–H and O–H groups in total. The molecule has 0 bridgehead atoms. The van der Waals surface area contributed by atoms with E-state index in [2.05, 4.69) is 36.2 Å². The highest BCUT2D eigenvalue weighted by Crippen LogP contribution is 2.30.